The summed E-state index contributed by atoms with van der Waals surface area (Å²) in [5, 5.41) is 16.7. The molecule has 0 saturated heterocycles. The Hall–Kier alpha value is -3.07. The van der Waals surface area contributed by atoms with Crippen molar-refractivity contribution in [2.75, 3.05) is 6.54 Å². The Morgan fingerprint density at radius 2 is 1.88 bits per heavy atom. The second kappa shape index (κ2) is 5.73. The van der Waals surface area contributed by atoms with Gasteiger partial charge in [0.2, 0.25) is 0 Å². The van der Waals surface area contributed by atoms with E-state index in [1.807, 2.05) is 0 Å². The maximum Gasteiger partial charge on any atom is 0.416 e. The van der Waals surface area contributed by atoms with Crippen molar-refractivity contribution in [1.82, 2.24) is 19.7 Å². The molecule has 0 bridgehead atoms. The predicted molar refractivity (Wildman–Crippen MR) is 85.6 cm³/mol. The second-order valence-corrected chi connectivity index (χ2v) is 5.93. The van der Waals surface area contributed by atoms with Crippen LogP contribution >= 0.6 is 0 Å². The molecule has 3 aromatic rings. The molecule has 1 atom stereocenters. The van der Waals surface area contributed by atoms with Crippen LogP contribution in [0.2, 0.25) is 0 Å². The molecule has 6 nitrogen and oxygen atoms in total. The van der Waals surface area contributed by atoms with Gasteiger partial charge in [-0.25, -0.2) is 4.68 Å². The second-order valence-electron chi connectivity index (χ2n) is 5.93. The lowest BCUT2D eigenvalue weighted by Gasteiger charge is -2.21. The highest BCUT2D eigenvalue weighted by Gasteiger charge is 2.30. The molecule has 1 unspecified atom stereocenters. The standard InChI is InChI=1S/C17H13F3N4O2/c18-17(19,20)12-1-3-13(4-2-12)24-9-11(6-22-24)10-5-14-16(26)21-7-15(25)23(14)8-10/h1-6,8-9,15,25H,7H2,(H,21,26). The molecule has 3 heterocycles. The summed E-state index contributed by atoms with van der Waals surface area (Å²) >= 11 is 0. The molecule has 0 saturated carbocycles. The van der Waals surface area contributed by atoms with Crippen LogP contribution in [-0.4, -0.2) is 31.9 Å². The number of hydrogen-bond acceptors (Lipinski definition) is 3. The fraction of sp³-hybridized carbons (Fsp3) is 0.176. The van der Waals surface area contributed by atoms with Crippen LogP contribution in [0.1, 0.15) is 22.3 Å². The third-order valence-electron chi connectivity index (χ3n) is 4.22. The molecule has 1 aliphatic rings. The lowest BCUT2D eigenvalue weighted by atomic mass is 10.2. The van der Waals surface area contributed by atoms with Crippen molar-refractivity contribution in [2.24, 2.45) is 0 Å². The van der Waals surface area contributed by atoms with Gasteiger partial charge in [0.15, 0.2) is 0 Å². The molecule has 0 fully saturated rings. The molecule has 1 aromatic carbocycles. The zero-order chi connectivity index (χ0) is 18.5. The number of nitrogens with zero attached hydrogens (tertiary/aromatic N) is 3. The van der Waals surface area contributed by atoms with Crippen molar-refractivity contribution < 1.29 is 23.1 Å². The molecule has 26 heavy (non-hydrogen) atoms. The van der Waals surface area contributed by atoms with E-state index in [2.05, 4.69) is 10.4 Å². The SMILES string of the molecule is O=C1NCC(O)n2cc(-c3cnn(-c4ccc(C(F)(F)F)cc4)c3)cc21. The highest BCUT2D eigenvalue weighted by atomic mass is 19.4. The van der Waals surface area contributed by atoms with E-state index in [-0.39, 0.29) is 12.5 Å². The summed E-state index contributed by atoms with van der Waals surface area (Å²) in [5.41, 5.74) is 1.43. The van der Waals surface area contributed by atoms with Crippen LogP contribution in [0.5, 0.6) is 0 Å². The molecule has 1 aliphatic heterocycles. The van der Waals surface area contributed by atoms with Crippen LogP contribution in [0.3, 0.4) is 0 Å². The zero-order valence-corrected chi connectivity index (χ0v) is 13.2. The van der Waals surface area contributed by atoms with Crippen LogP contribution in [0.25, 0.3) is 16.8 Å². The lowest BCUT2D eigenvalue weighted by molar-refractivity contribution is -0.137. The van der Waals surface area contributed by atoms with E-state index in [0.717, 1.165) is 12.1 Å². The van der Waals surface area contributed by atoms with Crippen LogP contribution in [0, 0.1) is 0 Å². The number of alkyl halides is 3. The summed E-state index contributed by atoms with van der Waals surface area (Å²) in [7, 11) is 0. The van der Waals surface area contributed by atoms with Crippen LogP contribution in [-0.2, 0) is 6.18 Å². The first-order valence-electron chi connectivity index (χ1n) is 7.74. The van der Waals surface area contributed by atoms with E-state index >= 15 is 0 Å². The van der Waals surface area contributed by atoms with Gasteiger partial charge in [-0.3, -0.25) is 4.79 Å². The van der Waals surface area contributed by atoms with Crippen LogP contribution in [0.4, 0.5) is 13.2 Å². The van der Waals surface area contributed by atoms with Crippen LogP contribution < -0.4 is 5.32 Å². The Bertz CT molecular complexity index is 973. The minimum Gasteiger partial charge on any atom is -0.371 e. The maximum atomic E-state index is 12.6. The molecule has 0 radical (unpaired) electrons. The number of halogens is 3. The molecular formula is C17H13F3N4O2. The van der Waals surface area contributed by atoms with Gasteiger partial charge < -0.3 is 15.0 Å². The molecule has 1 amide bonds. The smallest absolute Gasteiger partial charge is 0.371 e. The molecule has 4 rings (SSSR count). The first-order chi connectivity index (χ1) is 12.3. The van der Waals surface area contributed by atoms with Gasteiger partial charge in [0.1, 0.15) is 11.9 Å². The number of aliphatic hydroxyl groups is 1. The Morgan fingerprint density at radius 3 is 2.54 bits per heavy atom. The monoisotopic (exact) mass is 362 g/mol. The van der Waals surface area contributed by atoms with Crippen molar-refractivity contribution in [1.29, 1.82) is 0 Å². The predicted octanol–water partition coefficient (Wildman–Crippen LogP) is 2.59. The molecule has 0 aliphatic carbocycles. The molecule has 2 N–H and O–H groups in total. The van der Waals surface area contributed by atoms with Crippen molar-refractivity contribution in [2.45, 2.75) is 12.4 Å². The Labute approximate surface area is 145 Å². The summed E-state index contributed by atoms with van der Waals surface area (Å²) < 4.78 is 40.9. The van der Waals surface area contributed by atoms with E-state index in [1.54, 1.807) is 24.7 Å². The normalized spacial score (nSPS) is 17.1. The number of carbonyl (C=O) groups excluding carboxylic acids is 1. The number of aliphatic hydroxyl groups excluding tert-OH is 1. The number of carbonyl (C=O) groups is 1. The number of amides is 1. The van der Waals surface area contributed by atoms with E-state index in [4.69, 9.17) is 0 Å². The number of fused-ring (bicyclic) bond motifs is 1. The summed E-state index contributed by atoms with van der Waals surface area (Å²) in [5.74, 6) is -0.281. The average molecular weight is 362 g/mol. The van der Waals surface area contributed by atoms with Gasteiger partial charge in [-0.05, 0) is 30.3 Å². The summed E-state index contributed by atoms with van der Waals surface area (Å²) in [6.07, 6.45) is -0.396. The first kappa shape index (κ1) is 16.4. The number of nitrogens with one attached hydrogen (secondary N) is 1. The van der Waals surface area contributed by atoms with Crippen molar-refractivity contribution in [3.63, 3.8) is 0 Å². The average Bonchev–Trinajstić information content (AvgIpc) is 3.25. The molecule has 134 valence electrons. The Kier molecular flexibility index (Phi) is 3.62. The minimum atomic E-state index is -4.39. The molecule has 0 spiro atoms. The first-order valence-corrected chi connectivity index (χ1v) is 7.74. The minimum absolute atomic E-state index is 0.130. The third-order valence-corrected chi connectivity index (χ3v) is 4.22. The highest BCUT2D eigenvalue weighted by molar-refractivity contribution is 5.95. The largest absolute Gasteiger partial charge is 0.416 e. The Balaban J connectivity index is 1.65. The summed E-state index contributed by atoms with van der Waals surface area (Å²) in [6.45, 7) is 0.130. The number of β-amino-alcohol motifs (C(OH)–C–C–N with tert-alkyl or cyclic N) is 1. The number of aromatic nitrogens is 3. The van der Waals surface area contributed by atoms with Crippen molar-refractivity contribution in [3.05, 3.63) is 60.2 Å². The fourth-order valence-electron chi connectivity index (χ4n) is 2.85. The van der Waals surface area contributed by atoms with Gasteiger partial charge in [0.25, 0.3) is 5.91 Å². The Morgan fingerprint density at radius 1 is 1.15 bits per heavy atom. The number of benzene rings is 1. The third kappa shape index (κ3) is 2.76. The topological polar surface area (TPSA) is 72.1 Å². The van der Waals surface area contributed by atoms with Gasteiger partial charge in [-0.2, -0.15) is 18.3 Å². The van der Waals surface area contributed by atoms with Crippen molar-refractivity contribution >= 4 is 5.91 Å². The van der Waals surface area contributed by atoms with Gasteiger partial charge in [0, 0.05) is 23.5 Å². The van der Waals surface area contributed by atoms with Crippen LogP contribution in [0.15, 0.2) is 48.9 Å². The van der Waals surface area contributed by atoms with Gasteiger partial charge in [-0.1, -0.05) is 0 Å². The van der Waals surface area contributed by atoms with E-state index in [1.165, 1.54) is 21.4 Å². The zero-order valence-electron chi connectivity index (χ0n) is 13.2. The van der Waals surface area contributed by atoms with E-state index in [9.17, 15) is 23.1 Å². The lowest BCUT2D eigenvalue weighted by Crippen LogP contribution is -2.38. The molecule has 9 heteroatoms. The summed E-state index contributed by atoms with van der Waals surface area (Å²) in [4.78, 5) is 11.9. The molecular weight excluding hydrogens is 349 g/mol. The van der Waals surface area contributed by atoms with Crippen molar-refractivity contribution in [3.8, 4) is 16.8 Å². The summed E-state index contributed by atoms with van der Waals surface area (Å²) in [6, 6.07) is 6.29. The fourth-order valence-corrected chi connectivity index (χ4v) is 2.85. The number of hydrogen-bond donors (Lipinski definition) is 2. The van der Waals surface area contributed by atoms with E-state index < -0.39 is 18.0 Å². The van der Waals surface area contributed by atoms with Gasteiger partial charge >= 0.3 is 6.18 Å². The number of rotatable bonds is 2. The van der Waals surface area contributed by atoms with E-state index in [0.29, 0.717) is 22.5 Å². The quantitative estimate of drug-likeness (QED) is 0.736. The van der Waals surface area contributed by atoms with Gasteiger partial charge in [-0.15, -0.1) is 0 Å². The highest BCUT2D eigenvalue weighted by Crippen LogP contribution is 2.30. The maximum absolute atomic E-state index is 12.6. The molecule has 2 aromatic heterocycles. The van der Waals surface area contributed by atoms with Gasteiger partial charge in [0.05, 0.1) is 24.0 Å².